The Kier molecular flexibility index (Phi) is 6.67. The number of amides is 1. The number of aromatic nitrogens is 2. The van der Waals surface area contributed by atoms with Gasteiger partial charge in [-0.15, -0.1) is 0 Å². The van der Waals surface area contributed by atoms with Crippen molar-refractivity contribution in [3.05, 3.63) is 71.7 Å². The first-order chi connectivity index (χ1) is 16.7. The summed E-state index contributed by atoms with van der Waals surface area (Å²) < 4.78 is 53.5. The van der Waals surface area contributed by atoms with Gasteiger partial charge < -0.3 is 19.3 Å². The van der Waals surface area contributed by atoms with Crippen LogP contribution in [0.3, 0.4) is 0 Å². The average molecular weight is 485 g/mol. The van der Waals surface area contributed by atoms with Crippen LogP contribution >= 0.6 is 0 Å². The predicted octanol–water partition coefficient (Wildman–Crippen LogP) is 5.12. The minimum atomic E-state index is -3.08. The number of pyridine rings is 1. The Morgan fingerprint density at radius 2 is 1.80 bits per heavy atom. The van der Waals surface area contributed by atoms with Crippen LogP contribution in [0.4, 0.5) is 18.9 Å². The van der Waals surface area contributed by atoms with Gasteiger partial charge in [0.25, 0.3) is 11.6 Å². The number of ether oxygens (including phenoxy) is 2. The van der Waals surface area contributed by atoms with E-state index >= 15 is 0 Å². The second-order valence-electron chi connectivity index (χ2n) is 7.42. The van der Waals surface area contributed by atoms with Gasteiger partial charge in [0.05, 0.1) is 28.0 Å². The number of carbonyl (C=O) groups excluding carboxylic acids is 2. The minimum Gasteiger partial charge on any atom is -0.449 e. The molecule has 1 amide bonds. The first-order valence-electron chi connectivity index (χ1n) is 10.3. The van der Waals surface area contributed by atoms with Gasteiger partial charge in [-0.1, -0.05) is 17.3 Å². The summed E-state index contributed by atoms with van der Waals surface area (Å²) in [6.45, 7) is -0.152. The number of aryl methyl sites for hydroxylation is 1. The molecule has 4 aromatic rings. The van der Waals surface area contributed by atoms with Gasteiger partial charge in [-0.25, -0.2) is 14.2 Å². The molecule has 11 heteroatoms. The lowest BCUT2D eigenvalue weighted by Gasteiger charge is -2.16. The predicted molar refractivity (Wildman–Crippen MR) is 119 cm³/mol. The van der Waals surface area contributed by atoms with Crippen LogP contribution in [0.2, 0.25) is 0 Å². The third-order valence-corrected chi connectivity index (χ3v) is 4.99. The molecule has 35 heavy (non-hydrogen) atoms. The van der Waals surface area contributed by atoms with E-state index in [1.807, 2.05) is 0 Å². The fourth-order valence-corrected chi connectivity index (χ4v) is 3.30. The van der Waals surface area contributed by atoms with Gasteiger partial charge in [0, 0.05) is 5.56 Å². The number of para-hydroxylation sites is 2. The Bertz CT molecular complexity index is 1390. The zero-order valence-electron chi connectivity index (χ0n) is 18.4. The van der Waals surface area contributed by atoms with Crippen LogP contribution in [-0.4, -0.2) is 34.7 Å². The Morgan fingerprint density at radius 1 is 1.09 bits per heavy atom. The largest absolute Gasteiger partial charge is 0.449 e. The molecule has 0 saturated carbocycles. The highest BCUT2D eigenvalue weighted by Crippen LogP contribution is 2.29. The number of hydrogen-bond acceptors (Lipinski definition) is 7. The first-order valence-corrected chi connectivity index (χ1v) is 10.3. The molecule has 2 heterocycles. The number of halogens is 3. The molecule has 0 fully saturated rings. The van der Waals surface area contributed by atoms with Crippen LogP contribution in [0.5, 0.6) is 5.75 Å². The van der Waals surface area contributed by atoms with Crippen molar-refractivity contribution >= 4 is 28.7 Å². The van der Waals surface area contributed by atoms with Crippen molar-refractivity contribution in [3.63, 3.8) is 0 Å². The van der Waals surface area contributed by atoms with Crippen LogP contribution in [0.25, 0.3) is 22.4 Å². The number of fused-ring (bicyclic) bond motifs is 1. The summed E-state index contributed by atoms with van der Waals surface area (Å²) in [5.74, 6) is -2.32. The lowest BCUT2D eigenvalue weighted by molar-refractivity contribution is -0.123. The molecule has 0 bridgehead atoms. The van der Waals surface area contributed by atoms with E-state index in [0.29, 0.717) is 22.3 Å². The molecule has 0 saturated heterocycles. The van der Waals surface area contributed by atoms with Gasteiger partial charge in [0.15, 0.2) is 6.10 Å². The fraction of sp³-hybridized carbons (Fsp3) is 0.167. The molecule has 4 rings (SSSR count). The van der Waals surface area contributed by atoms with Gasteiger partial charge >= 0.3 is 12.6 Å². The maximum atomic E-state index is 13.3. The van der Waals surface area contributed by atoms with Crippen LogP contribution in [0.15, 0.2) is 59.1 Å². The lowest BCUT2D eigenvalue weighted by atomic mass is 10.1. The van der Waals surface area contributed by atoms with Gasteiger partial charge in [0.1, 0.15) is 11.6 Å². The molecule has 180 valence electrons. The van der Waals surface area contributed by atoms with E-state index in [2.05, 4.69) is 20.2 Å². The number of nitrogens with zero attached hydrogens (tertiary/aromatic N) is 2. The summed E-state index contributed by atoms with van der Waals surface area (Å²) in [5, 5.41) is 6.53. The number of benzene rings is 2. The third kappa shape index (κ3) is 5.24. The topological polar surface area (TPSA) is 104 Å². The van der Waals surface area contributed by atoms with Gasteiger partial charge in [-0.05, 0) is 56.3 Å². The van der Waals surface area contributed by atoms with Crippen LogP contribution in [0.1, 0.15) is 23.0 Å². The van der Waals surface area contributed by atoms with E-state index < -0.39 is 30.4 Å². The van der Waals surface area contributed by atoms with E-state index in [-0.39, 0.29) is 22.7 Å². The number of rotatable bonds is 7. The van der Waals surface area contributed by atoms with E-state index in [4.69, 9.17) is 9.26 Å². The highest BCUT2D eigenvalue weighted by atomic mass is 19.3. The molecule has 2 aromatic carbocycles. The summed E-state index contributed by atoms with van der Waals surface area (Å²) >= 11 is 0. The van der Waals surface area contributed by atoms with Crippen molar-refractivity contribution < 1.29 is 36.8 Å². The van der Waals surface area contributed by atoms with Crippen LogP contribution in [-0.2, 0) is 9.53 Å². The SMILES string of the molecule is Cc1noc2nc(-c3ccc(F)cc3)cc(C(=O)OC(C)C(=O)Nc3ccccc3OC(F)F)c12. The molecule has 8 nitrogen and oxygen atoms in total. The summed E-state index contributed by atoms with van der Waals surface area (Å²) in [7, 11) is 0. The summed E-state index contributed by atoms with van der Waals surface area (Å²) in [6.07, 6.45) is -1.31. The Labute approximate surface area is 196 Å². The zero-order valence-corrected chi connectivity index (χ0v) is 18.4. The first kappa shape index (κ1) is 23.7. The second-order valence-corrected chi connectivity index (χ2v) is 7.42. The number of alkyl halides is 2. The third-order valence-electron chi connectivity index (χ3n) is 4.99. The minimum absolute atomic E-state index is 0.0134. The van der Waals surface area contributed by atoms with E-state index in [1.165, 1.54) is 61.5 Å². The molecule has 0 aliphatic heterocycles. The Hall–Kier alpha value is -4.41. The molecule has 0 radical (unpaired) electrons. The van der Waals surface area contributed by atoms with Crippen molar-refractivity contribution in [1.29, 1.82) is 0 Å². The number of hydrogen-bond donors (Lipinski definition) is 1. The van der Waals surface area contributed by atoms with Crippen molar-refractivity contribution in [1.82, 2.24) is 10.1 Å². The molecule has 0 aliphatic rings. The standard InChI is InChI=1S/C24H18F3N3O5/c1-12-20-16(11-18(29-22(20)35-30-12)14-7-9-15(25)10-8-14)23(32)33-13(2)21(31)28-17-5-3-4-6-19(17)34-24(26)27/h3-11,13,24H,1-2H3,(H,28,31). The molecule has 0 spiro atoms. The quantitative estimate of drug-likeness (QED) is 0.362. The maximum absolute atomic E-state index is 13.3. The highest BCUT2D eigenvalue weighted by Gasteiger charge is 2.25. The van der Waals surface area contributed by atoms with Crippen LogP contribution in [0, 0.1) is 12.7 Å². The van der Waals surface area contributed by atoms with Crippen molar-refractivity contribution in [2.75, 3.05) is 5.32 Å². The van der Waals surface area contributed by atoms with E-state index in [1.54, 1.807) is 6.92 Å². The van der Waals surface area contributed by atoms with Gasteiger partial charge in [-0.2, -0.15) is 8.78 Å². The molecule has 1 N–H and O–H groups in total. The highest BCUT2D eigenvalue weighted by molar-refractivity contribution is 6.05. The van der Waals surface area contributed by atoms with Crippen molar-refractivity contribution in [3.8, 4) is 17.0 Å². The average Bonchev–Trinajstić information content (AvgIpc) is 3.20. The molecule has 0 aliphatic carbocycles. The molecule has 2 aromatic heterocycles. The molecular weight excluding hydrogens is 467 g/mol. The van der Waals surface area contributed by atoms with E-state index in [0.717, 1.165) is 0 Å². The second kappa shape index (κ2) is 9.84. The summed E-state index contributed by atoms with van der Waals surface area (Å²) in [6, 6.07) is 12.5. The normalized spacial score (nSPS) is 11.9. The number of carbonyl (C=O) groups is 2. The van der Waals surface area contributed by atoms with Crippen molar-refractivity contribution in [2.45, 2.75) is 26.6 Å². The zero-order chi connectivity index (χ0) is 25.1. The lowest BCUT2D eigenvalue weighted by Crippen LogP contribution is -2.30. The number of nitrogens with one attached hydrogen (secondary N) is 1. The van der Waals surface area contributed by atoms with E-state index in [9.17, 15) is 22.8 Å². The summed E-state index contributed by atoms with van der Waals surface area (Å²) in [4.78, 5) is 30.0. The Morgan fingerprint density at radius 3 is 2.51 bits per heavy atom. The molecule has 1 atom stereocenters. The van der Waals surface area contributed by atoms with Gasteiger partial charge in [0.2, 0.25) is 0 Å². The van der Waals surface area contributed by atoms with Gasteiger partial charge in [-0.3, -0.25) is 4.79 Å². The molecular formula is C24H18F3N3O5. The maximum Gasteiger partial charge on any atom is 0.387 e. The number of anilines is 1. The number of esters is 1. The smallest absolute Gasteiger partial charge is 0.387 e. The van der Waals surface area contributed by atoms with Crippen LogP contribution < -0.4 is 10.1 Å². The Balaban J connectivity index is 1.58. The summed E-state index contributed by atoms with van der Waals surface area (Å²) in [5.41, 5.74) is 1.27. The monoisotopic (exact) mass is 485 g/mol. The fourth-order valence-electron chi connectivity index (χ4n) is 3.30. The molecule has 1 unspecified atom stereocenters. The van der Waals surface area contributed by atoms with Crippen molar-refractivity contribution in [2.24, 2.45) is 0 Å².